The molecule has 0 fully saturated rings. The van der Waals surface area contributed by atoms with Crippen LogP contribution in [0.25, 0.3) is 11.1 Å². The number of carbonyl (C=O) groups is 3. The molecule has 3 aromatic carbocycles. The highest BCUT2D eigenvalue weighted by Crippen LogP contribution is 2.40. The van der Waals surface area contributed by atoms with E-state index < -0.39 is 42.2 Å². The van der Waals surface area contributed by atoms with Crippen molar-refractivity contribution in [1.82, 2.24) is 10.6 Å². The third-order valence-corrected chi connectivity index (χ3v) is 6.42. The number of benzene rings is 3. The summed E-state index contributed by atoms with van der Waals surface area (Å²) in [4.78, 5) is 40.4. The number of halogens is 4. The van der Waals surface area contributed by atoms with Crippen molar-refractivity contribution >= 4 is 23.4 Å². The molecule has 0 aromatic heterocycles. The van der Waals surface area contributed by atoms with Gasteiger partial charge in [0.25, 0.3) is 23.4 Å². The van der Waals surface area contributed by atoms with E-state index in [4.69, 9.17) is 4.74 Å². The number of hydrogen-bond donors (Lipinski definition) is 2. The van der Waals surface area contributed by atoms with Crippen LogP contribution in [-0.4, -0.2) is 49.3 Å². The van der Waals surface area contributed by atoms with Crippen molar-refractivity contribution in [3.8, 4) is 11.1 Å². The van der Waals surface area contributed by atoms with Gasteiger partial charge in [-0.25, -0.2) is 4.39 Å². The van der Waals surface area contributed by atoms with Crippen LogP contribution in [0.2, 0.25) is 0 Å². The highest BCUT2D eigenvalue weighted by molar-refractivity contribution is 6.11. The quantitative estimate of drug-likeness (QED) is 0.231. The van der Waals surface area contributed by atoms with Gasteiger partial charge in [-0.15, -0.1) is 0 Å². The van der Waals surface area contributed by atoms with Crippen molar-refractivity contribution in [2.75, 3.05) is 24.6 Å². The minimum Gasteiger partial charge on any atom is -0.375 e. The number of ether oxygens (including phenoxy) is 1. The number of nitrogens with zero attached hydrogens (tertiary/aromatic N) is 1. The number of carbonyl (C=O) groups excluding carboxylic acids is 3. The van der Waals surface area contributed by atoms with E-state index in [1.807, 2.05) is 30.3 Å². The normalized spacial score (nSPS) is 16.3. The molecule has 7 nitrogen and oxygen atoms in total. The zero-order chi connectivity index (χ0) is 28.9. The minimum atomic E-state index is -4.80. The molecule has 1 aliphatic rings. The maximum absolute atomic E-state index is 15.2. The number of anilines is 1. The van der Waals surface area contributed by atoms with Gasteiger partial charge in [-0.05, 0) is 29.7 Å². The fraction of sp³-hybridized carbons (Fsp3) is 0.276. The van der Waals surface area contributed by atoms with Gasteiger partial charge in [0.15, 0.2) is 0 Å². The number of alkyl halides is 4. The Kier molecular flexibility index (Phi) is 8.53. The van der Waals surface area contributed by atoms with Crippen LogP contribution in [0.3, 0.4) is 0 Å². The summed E-state index contributed by atoms with van der Waals surface area (Å²) >= 11 is 0. The second kappa shape index (κ2) is 11.9. The van der Waals surface area contributed by atoms with E-state index in [2.05, 4.69) is 5.32 Å². The first-order valence-electron chi connectivity index (χ1n) is 12.5. The summed E-state index contributed by atoms with van der Waals surface area (Å²) in [6.45, 7) is -0.742. The molecule has 2 atom stereocenters. The molecule has 40 heavy (non-hydrogen) atoms. The number of rotatable bonds is 9. The number of fused-ring (bicyclic) bond motifs is 3. The van der Waals surface area contributed by atoms with Crippen LogP contribution in [0.5, 0.6) is 0 Å². The lowest BCUT2D eigenvalue weighted by molar-refractivity contribution is -0.152. The van der Waals surface area contributed by atoms with E-state index in [1.165, 1.54) is 10.2 Å². The SMILES string of the molecule is C[C@](F)(C(=O)NCC(F)(F)F)C(=O)N[C@@H]1C(=O)N(CCOCc2ccccc2)c2ccccc2-c2ccccc21. The first-order chi connectivity index (χ1) is 19.0. The van der Waals surface area contributed by atoms with E-state index in [-0.39, 0.29) is 13.2 Å². The number of hydrogen-bond acceptors (Lipinski definition) is 4. The Labute approximate surface area is 228 Å². The molecule has 0 unspecified atom stereocenters. The van der Waals surface area contributed by atoms with Crippen LogP contribution in [-0.2, 0) is 25.7 Å². The summed E-state index contributed by atoms with van der Waals surface area (Å²) in [6, 6.07) is 21.7. The van der Waals surface area contributed by atoms with Gasteiger partial charge in [0.05, 0.1) is 18.9 Å². The van der Waals surface area contributed by atoms with E-state index in [9.17, 15) is 27.6 Å². The highest BCUT2D eigenvalue weighted by Gasteiger charge is 2.45. The average molecular weight is 558 g/mol. The van der Waals surface area contributed by atoms with Gasteiger partial charge in [0.1, 0.15) is 12.6 Å². The van der Waals surface area contributed by atoms with Crippen LogP contribution in [0.1, 0.15) is 24.1 Å². The maximum Gasteiger partial charge on any atom is 0.405 e. The number of nitrogens with one attached hydrogen (secondary N) is 2. The summed E-state index contributed by atoms with van der Waals surface area (Å²) in [7, 11) is 0. The smallest absolute Gasteiger partial charge is 0.375 e. The molecule has 0 saturated carbocycles. The number of amides is 3. The van der Waals surface area contributed by atoms with Gasteiger partial charge in [-0.1, -0.05) is 72.8 Å². The summed E-state index contributed by atoms with van der Waals surface area (Å²) in [5, 5.41) is 3.66. The zero-order valence-electron chi connectivity index (χ0n) is 21.5. The lowest BCUT2D eigenvalue weighted by Crippen LogP contribution is -2.55. The van der Waals surface area contributed by atoms with Crippen molar-refractivity contribution in [3.63, 3.8) is 0 Å². The molecule has 3 aromatic rings. The van der Waals surface area contributed by atoms with E-state index in [1.54, 1.807) is 48.5 Å². The monoisotopic (exact) mass is 557 g/mol. The van der Waals surface area contributed by atoms with Gasteiger partial charge in [0.2, 0.25) is 0 Å². The molecular formula is C29H27F4N3O4. The summed E-state index contributed by atoms with van der Waals surface area (Å²) in [5.41, 5.74) is -0.306. The van der Waals surface area contributed by atoms with E-state index in [0.29, 0.717) is 35.9 Å². The molecular weight excluding hydrogens is 530 g/mol. The molecule has 0 bridgehead atoms. The van der Waals surface area contributed by atoms with Crippen LogP contribution in [0, 0.1) is 0 Å². The Hall–Kier alpha value is -4.25. The Morgan fingerprint density at radius 2 is 1.50 bits per heavy atom. The van der Waals surface area contributed by atoms with Crippen LogP contribution < -0.4 is 15.5 Å². The molecule has 210 valence electrons. The third-order valence-electron chi connectivity index (χ3n) is 6.42. The van der Waals surface area contributed by atoms with Crippen molar-refractivity contribution in [2.24, 2.45) is 0 Å². The van der Waals surface area contributed by atoms with Crippen LogP contribution in [0.15, 0.2) is 78.9 Å². The van der Waals surface area contributed by atoms with Gasteiger partial charge in [0, 0.05) is 12.1 Å². The minimum absolute atomic E-state index is 0.0853. The second-order valence-corrected chi connectivity index (χ2v) is 9.34. The summed E-state index contributed by atoms with van der Waals surface area (Å²) in [5.74, 6) is -3.95. The van der Waals surface area contributed by atoms with Gasteiger partial charge in [-0.3, -0.25) is 14.4 Å². The Morgan fingerprint density at radius 1 is 0.875 bits per heavy atom. The molecule has 11 heteroatoms. The highest BCUT2D eigenvalue weighted by atomic mass is 19.4. The fourth-order valence-corrected chi connectivity index (χ4v) is 4.34. The van der Waals surface area contributed by atoms with E-state index >= 15 is 4.39 Å². The lowest BCUT2D eigenvalue weighted by Gasteiger charge is -2.28. The molecule has 1 heterocycles. The predicted molar refractivity (Wildman–Crippen MR) is 140 cm³/mol. The van der Waals surface area contributed by atoms with Gasteiger partial charge in [-0.2, -0.15) is 13.2 Å². The third kappa shape index (κ3) is 6.48. The predicted octanol–water partition coefficient (Wildman–Crippen LogP) is 4.48. The molecule has 1 aliphatic heterocycles. The summed E-state index contributed by atoms with van der Waals surface area (Å²) in [6.07, 6.45) is -4.80. The Balaban J connectivity index is 1.60. The lowest BCUT2D eigenvalue weighted by atomic mass is 9.95. The molecule has 3 amide bonds. The fourth-order valence-electron chi connectivity index (χ4n) is 4.34. The Bertz CT molecular complexity index is 1380. The first-order valence-corrected chi connectivity index (χ1v) is 12.5. The topological polar surface area (TPSA) is 87.7 Å². The van der Waals surface area contributed by atoms with Crippen molar-refractivity contribution in [1.29, 1.82) is 0 Å². The van der Waals surface area contributed by atoms with Crippen molar-refractivity contribution in [2.45, 2.75) is 31.4 Å². The summed E-state index contributed by atoms with van der Waals surface area (Å²) < 4.78 is 58.6. The molecule has 2 N–H and O–H groups in total. The molecule has 0 aliphatic carbocycles. The zero-order valence-corrected chi connectivity index (χ0v) is 21.5. The molecule has 0 spiro atoms. The molecule has 0 radical (unpaired) electrons. The van der Waals surface area contributed by atoms with Gasteiger partial charge < -0.3 is 20.3 Å². The van der Waals surface area contributed by atoms with E-state index in [0.717, 1.165) is 5.56 Å². The number of para-hydroxylation sites is 1. The largest absolute Gasteiger partial charge is 0.405 e. The standard InChI is InChI=1S/C29H27F4N3O4/c1-28(30,26(38)34-18-29(31,32)33)27(39)35-24-22-13-6-5-11-20(22)21-12-7-8-14-23(21)36(25(24)37)15-16-40-17-19-9-3-2-4-10-19/h2-14,24H,15-18H2,1H3,(H,34,38)(H,35,39)/t24-,28-/m0/s1. The van der Waals surface area contributed by atoms with Crippen LogP contribution in [0.4, 0.5) is 23.2 Å². The molecule has 0 saturated heterocycles. The first kappa shape index (κ1) is 28.8. The van der Waals surface area contributed by atoms with Crippen molar-refractivity contribution < 1.29 is 36.7 Å². The molecule has 4 rings (SSSR count). The van der Waals surface area contributed by atoms with Gasteiger partial charge >= 0.3 is 6.18 Å². The Morgan fingerprint density at radius 3 is 2.20 bits per heavy atom. The second-order valence-electron chi connectivity index (χ2n) is 9.34. The average Bonchev–Trinajstić information content (AvgIpc) is 3.03. The van der Waals surface area contributed by atoms with Crippen molar-refractivity contribution in [3.05, 3.63) is 90.0 Å². The van der Waals surface area contributed by atoms with Crippen LogP contribution >= 0.6 is 0 Å². The maximum atomic E-state index is 15.2.